The summed E-state index contributed by atoms with van der Waals surface area (Å²) in [4.78, 5) is 27.6. The number of ether oxygens (including phenoxy) is 4. The minimum Gasteiger partial charge on any atom is -0.497 e. The summed E-state index contributed by atoms with van der Waals surface area (Å²) >= 11 is 0. The lowest BCUT2D eigenvalue weighted by molar-refractivity contribution is -0.158. The topological polar surface area (TPSA) is 74.3 Å². The van der Waals surface area contributed by atoms with E-state index >= 15 is 0 Å². The summed E-state index contributed by atoms with van der Waals surface area (Å²) < 4.78 is 22.8. The maximum absolute atomic E-state index is 12.7. The van der Waals surface area contributed by atoms with Gasteiger partial charge in [-0.1, -0.05) is 20.8 Å². The van der Waals surface area contributed by atoms with Crippen LogP contribution in [0.3, 0.4) is 0 Å². The van der Waals surface area contributed by atoms with Crippen molar-refractivity contribution in [1.29, 1.82) is 0 Å². The van der Waals surface area contributed by atoms with E-state index in [1.54, 1.807) is 7.11 Å². The van der Waals surface area contributed by atoms with E-state index in [1.165, 1.54) is 0 Å². The monoisotopic (exact) mass is 443 g/mol. The molecule has 2 aliphatic heterocycles. The Hall–Kier alpha value is -2.54. The second-order valence-electron chi connectivity index (χ2n) is 9.16. The first-order valence-electron chi connectivity index (χ1n) is 11.6. The fourth-order valence-electron chi connectivity index (χ4n) is 4.91. The Morgan fingerprint density at radius 2 is 1.97 bits per heavy atom. The lowest BCUT2D eigenvalue weighted by Gasteiger charge is -2.32. The number of benzene rings is 1. The number of nitrogens with zero attached hydrogens (tertiary/aromatic N) is 1. The van der Waals surface area contributed by atoms with Crippen LogP contribution in [-0.4, -0.2) is 55.8 Å². The van der Waals surface area contributed by atoms with Gasteiger partial charge in [0, 0.05) is 24.9 Å². The summed E-state index contributed by atoms with van der Waals surface area (Å²) in [6, 6.07) is 4.07. The number of rotatable bonds is 8. The molecule has 0 saturated carbocycles. The van der Waals surface area contributed by atoms with E-state index in [4.69, 9.17) is 18.9 Å². The molecule has 0 aromatic heterocycles. The molecule has 3 aliphatic rings. The molecule has 7 nitrogen and oxygen atoms in total. The van der Waals surface area contributed by atoms with Crippen LogP contribution in [0.5, 0.6) is 11.5 Å². The van der Waals surface area contributed by atoms with E-state index in [9.17, 15) is 9.59 Å². The van der Waals surface area contributed by atoms with Crippen LogP contribution in [0, 0.1) is 5.92 Å². The zero-order valence-corrected chi connectivity index (χ0v) is 19.4. The molecule has 4 rings (SSSR count). The highest BCUT2D eigenvalue weighted by Crippen LogP contribution is 2.46. The van der Waals surface area contributed by atoms with Crippen LogP contribution in [-0.2, 0) is 25.5 Å². The first-order chi connectivity index (χ1) is 15.4. The van der Waals surface area contributed by atoms with Crippen molar-refractivity contribution < 1.29 is 28.5 Å². The molecule has 0 N–H and O–H groups in total. The molecule has 0 fully saturated rings. The van der Waals surface area contributed by atoms with Crippen molar-refractivity contribution in [2.75, 3.05) is 27.0 Å². The third-order valence-corrected chi connectivity index (χ3v) is 6.55. The zero-order valence-electron chi connectivity index (χ0n) is 19.4. The van der Waals surface area contributed by atoms with Crippen LogP contribution in [0.25, 0.3) is 0 Å². The maximum atomic E-state index is 12.7. The molecule has 2 heterocycles. The van der Waals surface area contributed by atoms with E-state index in [0.29, 0.717) is 23.8 Å². The smallest absolute Gasteiger partial charge is 0.375 e. The van der Waals surface area contributed by atoms with Gasteiger partial charge in [-0.2, -0.15) is 0 Å². The molecule has 0 unspecified atom stereocenters. The van der Waals surface area contributed by atoms with Crippen molar-refractivity contribution in [3.05, 3.63) is 35.1 Å². The summed E-state index contributed by atoms with van der Waals surface area (Å²) in [7, 11) is 1.59. The van der Waals surface area contributed by atoms with Crippen molar-refractivity contribution in [2.45, 2.75) is 64.5 Å². The lowest BCUT2D eigenvalue weighted by atomic mass is 9.87. The van der Waals surface area contributed by atoms with Gasteiger partial charge in [-0.05, 0) is 61.1 Å². The summed E-state index contributed by atoms with van der Waals surface area (Å²) in [6.07, 6.45) is 4.13. The standard InChI is InChI=1S/C25H33NO6/c1-5-9-26-10-8-16-11-20-21(31-14-30-20)12-17(16)23-18(26)13-22(29-4)24(23)32-25(28)19(27)7-6-15(2)3/h11-13,15,18,23-24H,5-10,14H2,1-4H3/t18-,23-,24+/m0/s1. The highest BCUT2D eigenvalue weighted by Gasteiger charge is 2.47. The molecule has 1 aliphatic carbocycles. The molecule has 3 atom stereocenters. The Labute approximate surface area is 189 Å². The fourth-order valence-corrected chi connectivity index (χ4v) is 4.91. The van der Waals surface area contributed by atoms with Gasteiger partial charge < -0.3 is 18.9 Å². The van der Waals surface area contributed by atoms with Crippen LogP contribution in [0.4, 0.5) is 0 Å². The fraction of sp³-hybridized carbons (Fsp3) is 0.600. The lowest BCUT2D eigenvalue weighted by Crippen LogP contribution is -2.40. The molecule has 174 valence electrons. The molecular weight excluding hydrogens is 410 g/mol. The molecule has 7 heteroatoms. The minimum absolute atomic E-state index is 0.00934. The Morgan fingerprint density at radius 1 is 1.22 bits per heavy atom. The van der Waals surface area contributed by atoms with Crippen molar-refractivity contribution in [1.82, 2.24) is 4.90 Å². The molecule has 32 heavy (non-hydrogen) atoms. The minimum atomic E-state index is -0.784. The quantitative estimate of drug-likeness (QED) is 0.449. The number of fused-ring (bicyclic) bond motifs is 4. The Kier molecular flexibility index (Phi) is 6.74. The average Bonchev–Trinajstić information content (AvgIpc) is 3.34. The number of carbonyl (C=O) groups is 2. The summed E-state index contributed by atoms with van der Waals surface area (Å²) in [5, 5.41) is 0. The van der Waals surface area contributed by atoms with Gasteiger partial charge in [-0.15, -0.1) is 0 Å². The largest absolute Gasteiger partial charge is 0.497 e. The third kappa shape index (κ3) is 4.35. The predicted molar refractivity (Wildman–Crippen MR) is 119 cm³/mol. The normalized spacial score (nSPS) is 23.9. The van der Waals surface area contributed by atoms with E-state index in [1.807, 2.05) is 26.0 Å². The Balaban J connectivity index is 1.67. The van der Waals surface area contributed by atoms with Crippen molar-refractivity contribution in [3.63, 3.8) is 0 Å². The van der Waals surface area contributed by atoms with Crippen LogP contribution in [0.15, 0.2) is 24.0 Å². The van der Waals surface area contributed by atoms with Crippen LogP contribution in [0.1, 0.15) is 57.1 Å². The number of carbonyl (C=O) groups excluding carboxylic acids is 2. The predicted octanol–water partition coefficient (Wildman–Crippen LogP) is 3.60. The highest BCUT2D eigenvalue weighted by atomic mass is 16.7. The molecule has 0 amide bonds. The van der Waals surface area contributed by atoms with Gasteiger partial charge in [0.25, 0.3) is 0 Å². The number of esters is 1. The average molecular weight is 444 g/mol. The van der Waals surface area contributed by atoms with E-state index in [2.05, 4.69) is 17.9 Å². The molecule has 0 bridgehead atoms. The van der Waals surface area contributed by atoms with E-state index in [0.717, 1.165) is 42.8 Å². The van der Waals surface area contributed by atoms with Crippen molar-refractivity contribution in [3.8, 4) is 11.5 Å². The van der Waals surface area contributed by atoms with Crippen LogP contribution < -0.4 is 9.47 Å². The third-order valence-electron chi connectivity index (χ3n) is 6.55. The van der Waals surface area contributed by atoms with E-state index in [-0.39, 0.29) is 25.2 Å². The van der Waals surface area contributed by atoms with E-state index < -0.39 is 17.9 Å². The van der Waals surface area contributed by atoms with Crippen LogP contribution in [0.2, 0.25) is 0 Å². The zero-order chi connectivity index (χ0) is 22.8. The number of ketones is 1. The number of hydrogen-bond donors (Lipinski definition) is 0. The van der Waals surface area contributed by atoms with Gasteiger partial charge in [-0.25, -0.2) is 4.79 Å². The molecular formula is C25H33NO6. The van der Waals surface area contributed by atoms with Gasteiger partial charge in [0.15, 0.2) is 17.6 Å². The molecule has 0 radical (unpaired) electrons. The molecule has 1 aromatic rings. The summed E-state index contributed by atoms with van der Waals surface area (Å²) in [5.41, 5.74) is 2.22. The molecule has 0 saturated heterocycles. The van der Waals surface area contributed by atoms with Crippen molar-refractivity contribution >= 4 is 11.8 Å². The number of methoxy groups -OCH3 is 1. The first-order valence-corrected chi connectivity index (χ1v) is 11.6. The van der Waals surface area contributed by atoms with Gasteiger partial charge in [0.2, 0.25) is 12.6 Å². The highest BCUT2D eigenvalue weighted by molar-refractivity contribution is 6.33. The summed E-state index contributed by atoms with van der Waals surface area (Å²) in [5.74, 6) is 0.949. The van der Waals surface area contributed by atoms with Crippen LogP contribution >= 0.6 is 0 Å². The van der Waals surface area contributed by atoms with Gasteiger partial charge in [0.1, 0.15) is 5.76 Å². The van der Waals surface area contributed by atoms with Gasteiger partial charge in [0.05, 0.1) is 7.11 Å². The number of hydrogen-bond acceptors (Lipinski definition) is 7. The number of Topliss-reactive ketones (excluding diaryl/α,β-unsaturated/α-hetero) is 1. The molecule has 0 spiro atoms. The van der Waals surface area contributed by atoms with Crippen molar-refractivity contribution in [2.24, 2.45) is 5.92 Å². The Bertz CT molecular complexity index is 908. The Morgan fingerprint density at radius 3 is 2.66 bits per heavy atom. The SMILES string of the molecule is CCCN1CCc2cc3c(cc2[C@@H]2[C@H](OC(=O)C(=O)CCC(C)C)C(OC)=C[C@@H]21)OCO3. The first kappa shape index (κ1) is 22.6. The maximum Gasteiger partial charge on any atom is 0.375 e. The summed E-state index contributed by atoms with van der Waals surface area (Å²) in [6.45, 7) is 8.22. The van der Waals surface area contributed by atoms with Gasteiger partial charge in [-0.3, -0.25) is 9.69 Å². The second-order valence-corrected chi connectivity index (χ2v) is 9.16. The second kappa shape index (κ2) is 9.53. The van der Waals surface area contributed by atoms with Gasteiger partial charge >= 0.3 is 5.97 Å². The molecule has 1 aromatic carbocycles.